The Labute approximate surface area is 97.0 Å². The minimum Gasteiger partial charge on any atom is -0.261 e. The summed E-state index contributed by atoms with van der Waals surface area (Å²) < 4.78 is 0. The second-order valence-corrected chi connectivity index (χ2v) is 4.12. The van der Waals surface area contributed by atoms with Crippen LogP contribution in [0, 0.1) is 0 Å². The zero-order chi connectivity index (χ0) is 11.3. The van der Waals surface area contributed by atoms with E-state index in [1.54, 1.807) is 0 Å². The van der Waals surface area contributed by atoms with Crippen LogP contribution in [-0.4, -0.2) is 13.6 Å². The lowest BCUT2D eigenvalue weighted by Crippen LogP contribution is -2.42. The van der Waals surface area contributed by atoms with Gasteiger partial charge in [0.15, 0.2) is 0 Å². The monoisotopic (exact) mass is 214 g/mol. The van der Waals surface area contributed by atoms with Gasteiger partial charge in [-0.15, -0.1) is 0 Å². The number of nitrogens with one attached hydrogen (secondary N) is 2. The summed E-state index contributed by atoms with van der Waals surface area (Å²) in [7, 11) is 1.90. The summed E-state index contributed by atoms with van der Waals surface area (Å²) in [6, 6.07) is 10.7. The smallest absolute Gasteiger partial charge is 0.0308 e. The van der Waals surface area contributed by atoms with E-state index in [9.17, 15) is 0 Å². The van der Waals surface area contributed by atoms with Crippen molar-refractivity contribution in [3.63, 3.8) is 0 Å². The highest BCUT2D eigenvalue weighted by Crippen LogP contribution is 2.31. The number of hydrogen-bond donors (Lipinski definition) is 2. The Morgan fingerprint density at radius 1 is 1.19 bits per heavy atom. The number of allylic oxidation sites excluding steroid dienone is 3. The SMILES string of the molecule is CNNCC1(c2ccccc2)C=CC=CC1. The van der Waals surface area contributed by atoms with Crippen molar-refractivity contribution in [2.24, 2.45) is 0 Å². The van der Waals surface area contributed by atoms with E-state index in [2.05, 4.69) is 65.5 Å². The summed E-state index contributed by atoms with van der Waals surface area (Å²) in [5.41, 5.74) is 7.67. The Balaban J connectivity index is 2.28. The van der Waals surface area contributed by atoms with Gasteiger partial charge in [0.25, 0.3) is 0 Å². The third-order valence-electron chi connectivity index (χ3n) is 3.07. The van der Waals surface area contributed by atoms with Gasteiger partial charge in [-0.05, 0) is 19.0 Å². The predicted octanol–water partition coefficient (Wildman–Crippen LogP) is 2.16. The quantitative estimate of drug-likeness (QED) is 0.751. The molecular weight excluding hydrogens is 196 g/mol. The summed E-state index contributed by atoms with van der Waals surface area (Å²) in [6.07, 6.45) is 9.80. The van der Waals surface area contributed by atoms with E-state index in [0.29, 0.717) is 0 Å². The Hall–Kier alpha value is -1.38. The molecule has 0 bridgehead atoms. The maximum absolute atomic E-state index is 3.22. The molecule has 0 saturated heterocycles. The van der Waals surface area contributed by atoms with Crippen LogP contribution < -0.4 is 10.9 Å². The molecule has 1 unspecified atom stereocenters. The van der Waals surface area contributed by atoms with Crippen molar-refractivity contribution in [2.75, 3.05) is 13.6 Å². The second kappa shape index (κ2) is 5.10. The highest BCUT2D eigenvalue weighted by molar-refractivity contribution is 5.36. The highest BCUT2D eigenvalue weighted by atomic mass is 15.3. The van der Waals surface area contributed by atoms with Crippen molar-refractivity contribution < 1.29 is 0 Å². The van der Waals surface area contributed by atoms with Crippen molar-refractivity contribution in [1.82, 2.24) is 10.9 Å². The fourth-order valence-electron chi connectivity index (χ4n) is 2.13. The van der Waals surface area contributed by atoms with Crippen LogP contribution in [0.1, 0.15) is 12.0 Å². The van der Waals surface area contributed by atoms with E-state index in [4.69, 9.17) is 0 Å². The van der Waals surface area contributed by atoms with E-state index in [1.165, 1.54) is 5.56 Å². The molecule has 0 radical (unpaired) electrons. The van der Waals surface area contributed by atoms with Gasteiger partial charge in [-0.3, -0.25) is 10.9 Å². The van der Waals surface area contributed by atoms with Crippen LogP contribution in [0.3, 0.4) is 0 Å². The summed E-state index contributed by atoms with van der Waals surface area (Å²) in [5, 5.41) is 0. The first-order chi connectivity index (χ1) is 7.87. The first-order valence-electron chi connectivity index (χ1n) is 5.67. The highest BCUT2D eigenvalue weighted by Gasteiger charge is 2.28. The molecule has 0 amide bonds. The van der Waals surface area contributed by atoms with Gasteiger partial charge in [-0.2, -0.15) is 0 Å². The molecule has 1 aromatic carbocycles. The molecule has 16 heavy (non-hydrogen) atoms. The molecule has 2 nitrogen and oxygen atoms in total. The first kappa shape index (κ1) is 11.1. The Kier molecular flexibility index (Phi) is 3.54. The maximum atomic E-state index is 3.22. The molecule has 0 aliphatic heterocycles. The molecule has 1 atom stereocenters. The van der Waals surface area contributed by atoms with Gasteiger partial charge < -0.3 is 0 Å². The zero-order valence-electron chi connectivity index (χ0n) is 9.61. The third-order valence-corrected chi connectivity index (χ3v) is 3.07. The minimum atomic E-state index is 0.0824. The van der Waals surface area contributed by atoms with Gasteiger partial charge in [0.1, 0.15) is 0 Å². The van der Waals surface area contributed by atoms with E-state index in [0.717, 1.165) is 13.0 Å². The van der Waals surface area contributed by atoms with Crippen molar-refractivity contribution >= 4 is 0 Å². The average Bonchev–Trinajstić information content (AvgIpc) is 2.38. The molecule has 0 fully saturated rings. The van der Waals surface area contributed by atoms with Crippen molar-refractivity contribution in [2.45, 2.75) is 11.8 Å². The molecule has 0 aromatic heterocycles. The summed E-state index contributed by atoms with van der Waals surface area (Å²) in [5.74, 6) is 0. The molecule has 2 heteroatoms. The van der Waals surface area contributed by atoms with Crippen LogP contribution in [0.15, 0.2) is 54.6 Å². The van der Waals surface area contributed by atoms with Crippen LogP contribution in [0.5, 0.6) is 0 Å². The van der Waals surface area contributed by atoms with E-state index in [1.807, 2.05) is 7.05 Å². The van der Waals surface area contributed by atoms with Crippen molar-refractivity contribution in [3.8, 4) is 0 Å². The molecule has 2 N–H and O–H groups in total. The Morgan fingerprint density at radius 2 is 2.00 bits per heavy atom. The standard InChI is InChI=1S/C14H18N2/c1-15-16-12-14(10-6-3-7-11-14)13-8-4-2-5-9-13/h2-10,15-16H,11-12H2,1H3. The predicted molar refractivity (Wildman–Crippen MR) is 68.1 cm³/mol. The number of benzene rings is 1. The number of hydrazine groups is 1. The van der Waals surface area contributed by atoms with Crippen LogP contribution in [-0.2, 0) is 5.41 Å². The fourth-order valence-corrected chi connectivity index (χ4v) is 2.13. The van der Waals surface area contributed by atoms with Gasteiger partial charge in [0.05, 0.1) is 0 Å². The molecule has 1 aliphatic rings. The van der Waals surface area contributed by atoms with E-state index < -0.39 is 0 Å². The van der Waals surface area contributed by atoms with Crippen molar-refractivity contribution in [3.05, 3.63) is 60.2 Å². The van der Waals surface area contributed by atoms with Gasteiger partial charge in [-0.25, -0.2) is 0 Å². The lowest BCUT2D eigenvalue weighted by molar-refractivity contribution is 0.448. The van der Waals surface area contributed by atoms with Crippen molar-refractivity contribution in [1.29, 1.82) is 0 Å². The van der Waals surface area contributed by atoms with Crippen LogP contribution in [0.4, 0.5) is 0 Å². The summed E-state index contributed by atoms with van der Waals surface area (Å²) in [6.45, 7) is 0.897. The molecule has 0 saturated carbocycles. The van der Waals surface area contributed by atoms with Gasteiger partial charge in [0.2, 0.25) is 0 Å². The molecule has 84 valence electrons. The fraction of sp³-hybridized carbons (Fsp3) is 0.286. The molecule has 1 aliphatic carbocycles. The van der Waals surface area contributed by atoms with Gasteiger partial charge >= 0.3 is 0 Å². The largest absolute Gasteiger partial charge is 0.261 e. The molecule has 1 aromatic rings. The third kappa shape index (κ3) is 2.23. The zero-order valence-corrected chi connectivity index (χ0v) is 9.61. The van der Waals surface area contributed by atoms with E-state index in [-0.39, 0.29) is 5.41 Å². The van der Waals surface area contributed by atoms with Gasteiger partial charge in [0, 0.05) is 12.0 Å². The lowest BCUT2D eigenvalue weighted by Gasteiger charge is -2.32. The number of hydrogen-bond acceptors (Lipinski definition) is 2. The van der Waals surface area contributed by atoms with Crippen LogP contribution in [0.25, 0.3) is 0 Å². The molecule has 0 spiro atoms. The molecule has 0 heterocycles. The lowest BCUT2D eigenvalue weighted by atomic mass is 9.75. The number of rotatable bonds is 4. The second-order valence-electron chi connectivity index (χ2n) is 4.12. The van der Waals surface area contributed by atoms with Crippen LogP contribution in [0.2, 0.25) is 0 Å². The van der Waals surface area contributed by atoms with Crippen LogP contribution >= 0.6 is 0 Å². The molecule has 2 rings (SSSR count). The maximum Gasteiger partial charge on any atom is 0.0308 e. The topological polar surface area (TPSA) is 24.1 Å². The molecular formula is C14H18N2. The summed E-state index contributed by atoms with van der Waals surface area (Å²) in [4.78, 5) is 0. The van der Waals surface area contributed by atoms with Gasteiger partial charge in [-0.1, -0.05) is 54.6 Å². The normalized spacial score (nSPS) is 23.6. The summed E-state index contributed by atoms with van der Waals surface area (Å²) >= 11 is 0. The Bertz CT molecular complexity index is 381. The van der Waals surface area contributed by atoms with E-state index >= 15 is 0 Å². The Morgan fingerprint density at radius 3 is 2.62 bits per heavy atom. The first-order valence-corrected chi connectivity index (χ1v) is 5.67. The minimum absolute atomic E-state index is 0.0824. The average molecular weight is 214 g/mol.